The molecule has 2 aliphatic heterocycles. The number of thioether (sulfide) groups is 1. The first-order chi connectivity index (χ1) is 5.96. The van der Waals surface area contributed by atoms with Gasteiger partial charge in [0.15, 0.2) is 0 Å². The highest BCUT2D eigenvalue weighted by molar-refractivity contribution is 7.99. The Morgan fingerprint density at radius 1 is 1.23 bits per heavy atom. The second-order valence-electron chi connectivity index (χ2n) is 5.12. The second-order valence-corrected chi connectivity index (χ2v) is 6.10. The lowest BCUT2D eigenvalue weighted by Crippen LogP contribution is -2.61. The Hall–Kier alpha value is -0.0200. The number of fused-ring (bicyclic) bond motifs is 2. The third kappa shape index (κ3) is 1.33. The van der Waals surface area contributed by atoms with Gasteiger partial charge < -0.3 is 4.90 Å². The first-order valence-electron chi connectivity index (χ1n) is 4.78. The fourth-order valence-corrected chi connectivity index (χ4v) is 4.29. The van der Waals surface area contributed by atoms with Crippen LogP contribution in [0.25, 0.3) is 0 Å². The number of carbonyl (C=O) groups is 1. The Labute approximate surface area is 84.1 Å². The van der Waals surface area contributed by atoms with Gasteiger partial charge in [0.1, 0.15) is 5.78 Å². The standard InChI is InChI=1S/C10H17NOS/c1-9-4-11(3)5-10(2,8(9)12)7-13-6-9/h4-7H2,1-3H3. The summed E-state index contributed by atoms with van der Waals surface area (Å²) in [4.78, 5) is 14.5. The predicted molar refractivity (Wildman–Crippen MR) is 56.0 cm³/mol. The first-order valence-corrected chi connectivity index (χ1v) is 5.93. The second kappa shape index (κ2) is 2.74. The molecule has 0 saturated carbocycles. The molecule has 0 aromatic heterocycles. The van der Waals surface area contributed by atoms with Crippen molar-refractivity contribution >= 4 is 17.5 Å². The number of ketones is 1. The van der Waals surface area contributed by atoms with Gasteiger partial charge in [0.25, 0.3) is 0 Å². The van der Waals surface area contributed by atoms with Gasteiger partial charge in [-0.1, -0.05) is 13.8 Å². The fraction of sp³-hybridized carbons (Fsp3) is 0.900. The molecule has 0 radical (unpaired) electrons. The van der Waals surface area contributed by atoms with Crippen molar-refractivity contribution in [2.24, 2.45) is 10.8 Å². The van der Waals surface area contributed by atoms with Crippen LogP contribution in [0.4, 0.5) is 0 Å². The zero-order chi connectivity index (χ0) is 9.69. The number of rotatable bonds is 0. The fourth-order valence-electron chi connectivity index (χ4n) is 2.84. The van der Waals surface area contributed by atoms with Crippen LogP contribution in [-0.4, -0.2) is 42.3 Å². The van der Waals surface area contributed by atoms with Crippen LogP contribution in [0.2, 0.25) is 0 Å². The largest absolute Gasteiger partial charge is 0.304 e. The van der Waals surface area contributed by atoms with Crippen molar-refractivity contribution in [2.45, 2.75) is 13.8 Å². The number of hydrogen-bond donors (Lipinski definition) is 0. The van der Waals surface area contributed by atoms with Crippen LogP contribution in [0, 0.1) is 10.8 Å². The van der Waals surface area contributed by atoms with Crippen molar-refractivity contribution in [1.29, 1.82) is 0 Å². The highest BCUT2D eigenvalue weighted by atomic mass is 32.2. The monoisotopic (exact) mass is 199 g/mol. The van der Waals surface area contributed by atoms with Gasteiger partial charge in [-0.15, -0.1) is 0 Å². The summed E-state index contributed by atoms with van der Waals surface area (Å²) in [5, 5.41) is 0. The zero-order valence-corrected chi connectivity index (χ0v) is 9.41. The van der Waals surface area contributed by atoms with Crippen LogP contribution < -0.4 is 0 Å². The average molecular weight is 199 g/mol. The molecule has 2 fully saturated rings. The third-order valence-electron chi connectivity index (χ3n) is 3.18. The Kier molecular flexibility index (Phi) is 2.01. The van der Waals surface area contributed by atoms with Crippen LogP contribution in [0.3, 0.4) is 0 Å². The molecule has 2 atom stereocenters. The normalized spacial score (nSPS) is 46.5. The molecule has 13 heavy (non-hydrogen) atoms. The molecule has 3 heteroatoms. The number of nitrogens with zero attached hydrogens (tertiary/aromatic N) is 1. The summed E-state index contributed by atoms with van der Waals surface area (Å²) >= 11 is 1.94. The van der Waals surface area contributed by atoms with E-state index in [4.69, 9.17) is 0 Å². The van der Waals surface area contributed by atoms with E-state index in [-0.39, 0.29) is 10.8 Å². The Balaban J connectivity index is 2.35. The number of likely N-dealkylation sites (tertiary alicyclic amines) is 1. The summed E-state index contributed by atoms with van der Waals surface area (Å²) in [6, 6.07) is 0. The minimum Gasteiger partial charge on any atom is -0.304 e. The van der Waals surface area contributed by atoms with Crippen molar-refractivity contribution in [2.75, 3.05) is 31.6 Å². The lowest BCUT2D eigenvalue weighted by atomic mass is 9.69. The molecule has 0 aromatic carbocycles. The van der Waals surface area contributed by atoms with E-state index >= 15 is 0 Å². The molecule has 2 heterocycles. The van der Waals surface area contributed by atoms with Gasteiger partial charge >= 0.3 is 0 Å². The summed E-state index contributed by atoms with van der Waals surface area (Å²) in [5.41, 5.74) is -0.157. The quantitative estimate of drug-likeness (QED) is 0.586. The molecule has 2 aliphatic rings. The van der Waals surface area contributed by atoms with Gasteiger partial charge in [-0.2, -0.15) is 11.8 Å². The van der Waals surface area contributed by atoms with Crippen molar-refractivity contribution in [1.82, 2.24) is 4.90 Å². The van der Waals surface area contributed by atoms with E-state index in [9.17, 15) is 4.79 Å². The van der Waals surface area contributed by atoms with Crippen LogP contribution in [0.1, 0.15) is 13.8 Å². The van der Waals surface area contributed by atoms with E-state index in [2.05, 4.69) is 25.8 Å². The topological polar surface area (TPSA) is 20.3 Å². The van der Waals surface area contributed by atoms with Crippen LogP contribution in [-0.2, 0) is 4.79 Å². The van der Waals surface area contributed by atoms with E-state index in [0.29, 0.717) is 5.78 Å². The predicted octanol–water partition coefficient (Wildman–Crippen LogP) is 1.26. The Morgan fingerprint density at radius 2 is 1.69 bits per heavy atom. The lowest BCUT2D eigenvalue weighted by Gasteiger charge is -2.50. The van der Waals surface area contributed by atoms with Gasteiger partial charge in [0, 0.05) is 35.4 Å². The molecule has 2 unspecified atom stereocenters. The number of hydrogen-bond acceptors (Lipinski definition) is 3. The molecular weight excluding hydrogens is 182 g/mol. The Bertz CT molecular complexity index is 233. The number of Topliss-reactive ketones (excluding diaryl/α,β-unsaturated/α-hetero) is 1. The van der Waals surface area contributed by atoms with Gasteiger partial charge in [-0.25, -0.2) is 0 Å². The summed E-state index contributed by atoms with van der Waals surface area (Å²) in [7, 11) is 2.12. The van der Waals surface area contributed by atoms with E-state index in [0.717, 1.165) is 24.6 Å². The van der Waals surface area contributed by atoms with Crippen LogP contribution >= 0.6 is 11.8 Å². The summed E-state index contributed by atoms with van der Waals surface area (Å²) in [6.07, 6.45) is 0. The average Bonchev–Trinajstić information content (AvgIpc) is 1.97. The van der Waals surface area contributed by atoms with Gasteiger partial charge in [-0.3, -0.25) is 4.79 Å². The lowest BCUT2D eigenvalue weighted by molar-refractivity contribution is -0.142. The number of piperidine rings is 1. The third-order valence-corrected chi connectivity index (χ3v) is 4.86. The minimum absolute atomic E-state index is 0.0787. The molecule has 0 amide bonds. The molecule has 0 N–H and O–H groups in total. The van der Waals surface area contributed by atoms with Crippen LogP contribution in [0.15, 0.2) is 0 Å². The maximum Gasteiger partial charge on any atom is 0.148 e. The first kappa shape index (κ1) is 9.53. The van der Waals surface area contributed by atoms with Crippen molar-refractivity contribution in [3.05, 3.63) is 0 Å². The number of carbonyl (C=O) groups excluding carboxylic acids is 1. The highest BCUT2D eigenvalue weighted by Crippen LogP contribution is 2.45. The molecule has 2 rings (SSSR count). The molecule has 0 aliphatic carbocycles. The zero-order valence-electron chi connectivity index (χ0n) is 8.59. The molecule has 74 valence electrons. The molecule has 2 bridgehead atoms. The van der Waals surface area contributed by atoms with Gasteiger partial charge in [-0.05, 0) is 7.05 Å². The summed E-state index contributed by atoms with van der Waals surface area (Å²) in [6.45, 7) is 6.12. The van der Waals surface area contributed by atoms with Crippen molar-refractivity contribution < 1.29 is 4.79 Å². The van der Waals surface area contributed by atoms with E-state index < -0.39 is 0 Å². The molecule has 0 spiro atoms. The van der Waals surface area contributed by atoms with E-state index in [1.54, 1.807) is 0 Å². The highest BCUT2D eigenvalue weighted by Gasteiger charge is 2.52. The molecule has 2 saturated heterocycles. The van der Waals surface area contributed by atoms with Crippen LogP contribution in [0.5, 0.6) is 0 Å². The summed E-state index contributed by atoms with van der Waals surface area (Å²) < 4.78 is 0. The van der Waals surface area contributed by atoms with E-state index in [1.165, 1.54) is 0 Å². The van der Waals surface area contributed by atoms with E-state index in [1.807, 2.05) is 11.8 Å². The maximum atomic E-state index is 12.2. The SMILES string of the molecule is CN1CC2(C)CSCC(C)(C1)C2=O. The molecule has 0 aromatic rings. The molecule has 2 nitrogen and oxygen atoms in total. The van der Waals surface area contributed by atoms with Gasteiger partial charge in [0.05, 0.1) is 0 Å². The summed E-state index contributed by atoms with van der Waals surface area (Å²) in [5.74, 6) is 2.51. The minimum atomic E-state index is -0.0787. The molecular formula is C10H17NOS. The van der Waals surface area contributed by atoms with Crippen molar-refractivity contribution in [3.8, 4) is 0 Å². The Morgan fingerprint density at radius 3 is 2.15 bits per heavy atom. The van der Waals surface area contributed by atoms with Crippen molar-refractivity contribution in [3.63, 3.8) is 0 Å². The smallest absolute Gasteiger partial charge is 0.148 e. The maximum absolute atomic E-state index is 12.2. The van der Waals surface area contributed by atoms with Gasteiger partial charge in [0.2, 0.25) is 0 Å².